The fourth-order valence-corrected chi connectivity index (χ4v) is 3.73. The molecule has 0 saturated carbocycles. The second-order valence-corrected chi connectivity index (χ2v) is 7.14. The van der Waals surface area contributed by atoms with Crippen molar-refractivity contribution in [2.45, 2.75) is 6.92 Å². The van der Waals surface area contributed by atoms with Gasteiger partial charge in [-0.05, 0) is 43.3 Å². The van der Waals surface area contributed by atoms with Gasteiger partial charge in [-0.25, -0.2) is 4.57 Å². The third-order valence-electron chi connectivity index (χ3n) is 3.36. The first kappa shape index (κ1) is 16.2. The van der Waals surface area contributed by atoms with Crippen molar-refractivity contribution in [1.82, 2.24) is 0 Å². The summed E-state index contributed by atoms with van der Waals surface area (Å²) < 4.78 is 19.2. The molecule has 4 nitrogen and oxygen atoms in total. The summed E-state index contributed by atoms with van der Waals surface area (Å²) in [6, 6.07) is 26.1. The summed E-state index contributed by atoms with van der Waals surface area (Å²) in [6.45, 7) is 1.99. The van der Waals surface area contributed by atoms with E-state index in [-0.39, 0.29) is 0 Å². The molecule has 0 aliphatic heterocycles. The van der Waals surface area contributed by atoms with Crippen LogP contribution in [0.15, 0.2) is 84.9 Å². The van der Waals surface area contributed by atoms with Gasteiger partial charge in [0.2, 0.25) is 0 Å². The van der Waals surface area contributed by atoms with E-state index in [9.17, 15) is 4.57 Å². The van der Waals surface area contributed by atoms with Crippen LogP contribution in [0.1, 0.15) is 5.56 Å². The summed E-state index contributed by atoms with van der Waals surface area (Å²) in [5.41, 5.74) is 2.55. The molecule has 0 aromatic heterocycles. The minimum atomic E-state index is -3.40. The van der Waals surface area contributed by atoms with Crippen molar-refractivity contribution in [2.75, 3.05) is 10.2 Å². The maximum Gasteiger partial charge on any atom is 0.444 e. The van der Waals surface area contributed by atoms with E-state index in [0.29, 0.717) is 5.75 Å². The molecule has 0 amide bonds. The largest absolute Gasteiger partial charge is 0.444 e. The fourth-order valence-electron chi connectivity index (χ4n) is 2.19. The molecule has 2 N–H and O–H groups in total. The highest BCUT2D eigenvalue weighted by Gasteiger charge is 2.25. The number of benzene rings is 3. The summed E-state index contributed by atoms with van der Waals surface area (Å²) in [4.78, 5) is 0. The van der Waals surface area contributed by atoms with Crippen LogP contribution in [0.3, 0.4) is 0 Å². The van der Waals surface area contributed by atoms with Gasteiger partial charge in [0.1, 0.15) is 5.75 Å². The average molecular weight is 338 g/mol. The average Bonchev–Trinajstić information content (AvgIpc) is 2.58. The first-order valence-electron chi connectivity index (χ1n) is 7.66. The van der Waals surface area contributed by atoms with Crippen molar-refractivity contribution < 1.29 is 9.09 Å². The van der Waals surface area contributed by atoms with Crippen LogP contribution in [0.5, 0.6) is 5.75 Å². The molecule has 0 spiro atoms. The highest BCUT2D eigenvalue weighted by Crippen LogP contribution is 2.46. The van der Waals surface area contributed by atoms with E-state index < -0.39 is 7.67 Å². The van der Waals surface area contributed by atoms with Crippen LogP contribution in [-0.2, 0) is 4.57 Å². The molecule has 0 unspecified atom stereocenters. The minimum Gasteiger partial charge on any atom is -0.414 e. The Labute approximate surface area is 142 Å². The van der Waals surface area contributed by atoms with Gasteiger partial charge in [-0.2, -0.15) is 0 Å². The van der Waals surface area contributed by atoms with E-state index in [1.165, 1.54) is 0 Å². The van der Waals surface area contributed by atoms with E-state index >= 15 is 0 Å². The lowest BCUT2D eigenvalue weighted by Gasteiger charge is -2.22. The smallest absolute Gasteiger partial charge is 0.414 e. The van der Waals surface area contributed by atoms with Gasteiger partial charge in [-0.1, -0.05) is 54.1 Å². The maximum atomic E-state index is 13.4. The third kappa shape index (κ3) is 4.40. The third-order valence-corrected chi connectivity index (χ3v) is 4.93. The number of rotatable bonds is 6. The molecule has 3 aromatic carbocycles. The Kier molecular flexibility index (Phi) is 4.88. The molecule has 24 heavy (non-hydrogen) atoms. The first-order valence-corrected chi connectivity index (χ1v) is 9.28. The zero-order valence-corrected chi connectivity index (χ0v) is 14.2. The van der Waals surface area contributed by atoms with Crippen molar-refractivity contribution in [3.8, 4) is 5.75 Å². The van der Waals surface area contributed by atoms with Gasteiger partial charge in [0.15, 0.2) is 0 Å². The molecule has 3 aromatic rings. The van der Waals surface area contributed by atoms with Gasteiger partial charge in [-0.15, -0.1) is 0 Å². The number of anilines is 2. The highest BCUT2D eigenvalue weighted by atomic mass is 31.2. The van der Waals surface area contributed by atoms with Crippen LogP contribution in [0.2, 0.25) is 0 Å². The Bertz CT molecular complexity index is 776. The lowest BCUT2D eigenvalue weighted by Crippen LogP contribution is -2.12. The van der Waals surface area contributed by atoms with Crippen molar-refractivity contribution in [1.29, 1.82) is 0 Å². The Balaban J connectivity index is 1.87. The molecule has 0 aliphatic rings. The predicted octanol–water partition coefficient (Wildman–Crippen LogP) is 5.71. The molecule has 0 radical (unpaired) electrons. The summed E-state index contributed by atoms with van der Waals surface area (Å²) in [5, 5.41) is 5.98. The molecule has 0 atom stereocenters. The molecule has 0 saturated heterocycles. The van der Waals surface area contributed by atoms with E-state index in [2.05, 4.69) is 10.2 Å². The van der Waals surface area contributed by atoms with Crippen LogP contribution in [-0.4, -0.2) is 0 Å². The van der Waals surface area contributed by atoms with Crippen LogP contribution >= 0.6 is 7.67 Å². The second-order valence-electron chi connectivity index (χ2n) is 5.41. The monoisotopic (exact) mass is 338 g/mol. The molecule has 0 bridgehead atoms. The normalized spacial score (nSPS) is 10.9. The van der Waals surface area contributed by atoms with E-state index in [4.69, 9.17) is 4.52 Å². The van der Waals surface area contributed by atoms with Gasteiger partial charge in [0.25, 0.3) is 0 Å². The number of hydrogen-bond acceptors (Lipinski definition) is 2. The molecule has 3 rings (SSSR count). The Hall–Kier alpha value is -2.71. The van der Waals surface area contributed by atoms with Crippen molar-refractivity contribution in [2.24, 2.45) is 0 Å². The fraction of sp³-hybridized carbons (Fsp3) is 0.0526. The Morgan fingerprint density at radius 1 is 0.708 bits per heavy atom. The van der Waals surface area contributed by atoms with Crippen molar-refractivity contribution >= 4 is 19.0 Å². The van der Waals surface area contributed by atoms with Crippen molar-refractivity contribution in [3.63, 3.8) is 0 Å². The zero-order chi connectivity index (χ0) is 16.8. The number of aryl methyl sites for hydroxylation is 1. The maximum absolute atomic E-state index is 13.4. The van der Waals surface area contributed by atoms with E-state index in [1.807, 2.05) is 79.7 Å². The molecule has 122 valence electrons. The first-order chi connectivity index (χ1) is 11.6. The topological polar surface area (TPSA) is 50.4 Å². The van der Waals surface area contributed by atoms with Gasteiger partial charge in [0.05, 0.1) is 0 Å². The lowest BCUT2D eigenvalue weighted by atomic mass is 10.2. The molecule has 0 aliphatic carbocycles. The van der Waals surface area contributed by atoms with Crippen LogP contribution in [0.25, 0.3) is 0 Å². The van der Waals surface area contributed by atoms with Crippen LogP contribution in [0, 0.1) is 6.92 Å². The van der Waals surface area contributed by atoms with Crippen LogP contribution in [0.4, 0.5) is 11.4 Å². The molecule has 5 heteroatoms. The summed E-state index contributed by atoms with van der Waals surface area (Å²) >= 11 is 0. The second kappa shape index (κ2) is 7.24. The zero-order valence-electron chi connectivity index (χ0n) is 13.3. The Morgan fingerprint density at radius 3 is 1.62 bits per heavy atom. The summed E-state index contributed by atoms with van der Waals surface area (Å²) in [6.07, 6.45) is 0. The molecular formula is C19H19N2O2P. The molecule has 0 heterocycles. The number of para-hydroxylation sites is 2. The van der Waals surface area contributed by atoms with Gasteiger partial charge in [0, 0.05) is 11.4 Å². The Morgan fingerprint density at radius 2 is 1.17 bits per heavy atom. The van der Waals surface area contributed by atoms with Crippen molar-refractivity contribution in [3.05, 3.63) is 90.5 Å². The number of hydrogen-bond donors (Lipinski definition) is 2. The van der Waals surface area contributed by atoms with Gasteiger partial charge < -0.3 is 4.52 Å². The molecule has 0 fully saturated rings. The lowest BCUT2D eigenvalue weighted by molar-refractivity contribution is 0.493. The minimum absolute atomic E-state index is 0.538. The van der Waals surface area contributed by atoms with E-state index in [0.717, 1.165) is 16.9 Å². The van der Waals surface area contributed by atoms with E-state index in [1.54, 1.807) is 12.1 Å². The van der Waals surface area contributed by atoms with Gasteiger partial charge >= 0.3 is 7.67 Å². The van der Waals surface area contributed by atoms with Gasteiger partial charge in [-0.3, -0.25) is 10.2 Å². The summed E-state index contributed by atoms with van der Waals surface area (Å²) in [7, 11) is -3.40. The standard InChI is InChI=1S/C19H19N2O2P/c1-16-12-14-19(15-13-16)23-24(22,20-17-8-4-2-5-9-17)21-18-10-6-3-7-11-18/h2-15H,1H3,(H2,20,21,22). The highest BCUT2D eigenvalue weighted by molar-refractivity contribution is 7.62. The quantitative estimate of drug-likeness (QED) is 0.566. The number of nitrogens with one attached hydrogen (secondary N) is 2. The van der Waals surface area contributed by atoms with Crippen LogP contribution < -0.4 is 14.7 Å². The SMILES string of the molecule is Cc1ccc(OP(=O)(Nc2ccccc2)Nc2ccccc2)cc1. The summed E-state index contributed by atoms with van der Waals surface area (Å²) in [5.74, 6) is 0.538. The molecular weight excluding hydrogens is 319 g/mol. The predicted molar refractivity (Wildman–Crippen MR) is 99.5 cm³/mol.